The van der Waals surface area contributed by atoms with Crippen molar-refractivity contribution in [3.05, 3.63) is 83.6 Å². The van der Waals surface area contributed by atoms with E-state index in [9.17, 15) is 49.3 Å². The smallest absolute Gasteiger partial charge is 0.480 e. The van der Waals surface area contributed by atoms with E-state index in [1.54, 1.807) is 38.8 Å². The number of rotatable bonds is 16. The number of carboxylic acids is 3. The number of carbonyl (C=O) groups excluding carboxylic acids is 2. The van der Waals surface area contributed by atoms with Crippen molar-refractivity contribution >= 4 is 64.0 Å². The van der Waals surface area contributed by atoms with Gasteiger partial charge < -0.3 is 40.5 Å². The second kappa shape index (κ2) is 24.4. The first-order valence-electron chi connectivity index (χ1n) is 20.5. The molecule has 3 aromatic carbocycles. The molecule has 1 aliphatic heterocycles. The Kier molecular flexibility index (Phi) is 20.0. The number of aliphatic carboxylic acids is 3. The number of nitrogens with zero attached hydrogens (tertiary/aromatic N) is 7. The normalized spacial score (nSPS) is 15.5. The molecule has 18 nitrogen and oxygen atoms in total. The Morgan fingerprint density at radius 3 is 1.65 bits per heavy atom. The fourth-order valence-corrected chi connectivity index (χ4v) is 8.04. The summed E-state index contributed by atoms with van der Waals surface area (Å²) in [6.07, 6.45) is 0. The largest absolute Gasteiger partial charge is 3.00 e. The van der Waals surface area contributed by atoms with Crippen molar-refractivity contribution in [2.75, 3.05) is 106 Å². The maximum Gasteiger partial charge on any atom is 3.00 e. The third-order valence-electron chi connectivity index (χ3n) is 11.4. The van der Waals surface area contributed by atoms with Crippen molar-refractivity contribution in [1.29, 1.82) is 0 Å². The average molecular weight is 1010 g/mol. The Morgan fingerprint density at radius 2 is 1.16 bits per heavy atom. The summed E-state index contributed by atoms with van der Waals surface area (Å²) in [7, 11) is 5.60. The number of hydrogen-bond donors (Lipinski definition) is 6. The molecule has 2 amide bonds. The number of pyridine rings is 1. The fourth-order valence-electron chi connectivity index (χ4n) is 8.04. The standard InChI is InChI=1S/C43H57BN8O10.Eu/c1-46(2)37(33-11-7-8-12-35(33)44(61)62)24-45-43(60)42-32-10-6-5-9-31(32)34-23-30(13-14-36(34)48(42)4)25-47(3)38(53)26-49-15-17-50(27-39(54)55)19-21-52(29-41(58)59)22-20-51(18-16-49)28-40(56)57;/h5-14,23,37,61-62H,15-22,24-29H2,1-4H3,(H3-,45,54,55,56,57,58,59,60);/q;+3/p+1. The van der Waals surface area contributed by atoms with Gasteiger partial charge in [0, 0.05) is 83.9 Å². The first-order chi connectivity index (χ1) is 29.5. The number of fused-ring (bicyclic) bond motifs is 3. The molecule has 0 radical (unpaired) electrons. The number of likely N-dealkylation sites (N-methyl/N-ethyl adjacent to an activating group) is 2. The van der Waals surface area contributed by atoms with Gasteiger partial charge in [-0.3, -0.25) is 43.6 Å². The predicted molar refractivity (Wildman–Crippen MR) is 233 cm³/mol. The molecule has 1 saturated heterocycles. The van der Waals surface area contributed by atoms with Gasteiger partial charge in [0.05, 0.1) is 43.0 Å². The van der Waals surface area contributed by atoms with Crippen LogP contribution in [-0.4, -0.2) is 198 Å². The van der Waals surface area contributed by atoms with Gasteiger partial charge in [0.25, 0.3) is 5.69 Å². The summed E-state index contributed by atoms with van der Waals surface area (Å²) >= 11 is 0. The Morgan fingerprint density at radius 1 is 0.683 bits per heavy atom. The molecule has 4 aromatic rings. The molecule has 1 aliphatic rings. The van der Waals surface area contributed by atoms with Gasteiger partial charge in [0.15, 0.2) is 0 Å². The van der Waals surface area contributed by atoms with Gasteiger partial charge in [-0.1, -0.05) is 48.5 Å². The van der Waals surface area contributed by atoms with Crippen LogP contribution in [0.3, 0.4) is 0 Å². The number of aryl methyl sites for hydroxylation is 1. The summed E-state index contributed by atoms with van der Waals surface area (Å²) in [6.45, 7) is 2.10. The summed E-state index contributed by atoms with van der Waals surface area (Å²) in [6, 6.07) is 20.2. The van der Waals surface area contributed by atoms with E-state index in [-0.39, 0.29) is 133 Å². The summed E-state index contributed by atoms with van der Waals surface area (Å²) in [5.74, 6) is -3.56. The third kappa shape index (κ3) is 14.5. The van der Waals surface area contributed by atoms with Crippen molar-refractivity contribution in [3.8, 4) is 0 Å². The number of amides is 2. The maximum absolute atomic E-state index is 14.1. The molecule has 0 spiro atoms. The Bertz CT molecular complexity index is 2220. The van der Waals surface area contributed by atoms with Gasteiger partial charge >= 0.3 is 80.3 Å². The average Bonchev–Trinajstić information content (AvgIpc) is 3.21. The molecule has 1 unspecified atom stereocenters. The first-order valence-corrected chi connectivity index (χ1v) is 20.5. The molecule has 1 aromatic heterocycles. The fraction of sp³-hybridized carbons (Fsp3) is 0.442. The minimum atomic E-state index is -1.67. The van der Waals surface area contributed by atoms with E-state index in [4.69, 9.17) is 0 Å². The van der Waals surface area contributed by atoms with Crippen LogP contribution in [-0.2, 0) is 32.8 Å². The van der Waals surface area contributed by atoms with Gasteiger partial charge in [-0.15, -0.1) is 0 Å². The molecule has 63 heavy (non-hydrogen) atoms. The van der Waals surface area contributed by atoms with Crippen LogP contribution >= 0.6 is 0 Å². The number of hydrogen-bond acceptors (Lipinski definition) is 12. The van der Waals surface area contributed by atoms with E-state index >= 15 is 0 Å². The molecule has 0 aliphatic carbocycles. The van der Waals surface area contributed by atoms with Crippen LogP contribution in [0.5, 0.6) is 0 Å². The van der Waals surface area contributed by atoms with Crippen molar-refractivity contribution in [2.24, 2.45) is 7.05 Å². The SMILES string of the molecule is CN(Cc1ccc2c(c1)c1ccccc1c(C(=O)NCC(c1ccccc1B(O)O)N(C)C)[n+]2C)C(=O)CN1CCN(CC(=O)O)CCN(CC(=O)O)CCN(CC(=O)O)CC1.[Eu+3]. The van der Waals surface area contributed by atoms with Gasteiger partial charge in [-0.2, -0.15) is 4.57 Å². The molecule has 336 valence electrons. The van der Waals surface area contributed by atoms with Crippen LogP contribution in [0.15, 0.2) is 66.7 Å². The zero-order valence-electron chi connectivity index (χ0n) is 36.2. The van der Waals surface area contributed by atoms with Crippen LogP contribution < -0.4 is 15.3 Å². The number of carboxylic acid groups (broad SMARTS) is 3. The van der Waals surface area contributed by atoms with Gasteiger partial charge in [-0.25, -0.2) is 0 Å². The topological polar surface area (TPSA) is 222 Å². The van der Waals surface area contributed by atoms with Gasteiger partial charge in [0.1, 0.15) is 7.05 Å². The maximum atomic E-state index is 14.1. The Labute approximate surface area is 408 Å². The third-order valence-corrected chi connectivity index (χ3v) is 11.4. The second-order valence-corrected chi connectivity index (χ2v) is 16.0. The molecule has 6 N–H and O–H groups in total. The van der Waals surface area contributed by atoms with Crippen LogP contribution in [0, 0.1) is 49.4 Å². The predicted octanol–water partition coefficient (Wildman–Crippen LogP) is -1.04. The van der Waals surface area contributed by atoms with Crippen molar-refractivity contribution in [1.82, 2.24) is 34.7 Å². The number of nitrogens with one attached hydrogen (secondary N) is 1. The van der Waals surface area contributed by atoms with E-state index in [0.29, 0.717) is 42.9 Å². The second-order valence-electron chi connectivity index (χ2n) is 16.0. The van der Waals surface area contributed by atoms with Crippen LogP contribution in [0.2, 0.25) is 0 Å². The Hall–Kier alpha value is -3.95. The molecule has 2 heterocycles. The van der Waals surface area contributed by atoms with E-state index in [2.05, 4.69) is 5.32 Å². The summed E-state index contributed by atoms with van der Waals surface area (Å²) in [4.78, 5) is 73.4. The minimum Gasteiger partial charge on any atom is -0.480 e. The Balaban J connectivity index is 0.00000871. The van der Waals surface area contributed by atoms with Crippen molar-refractivity contribution in [2.45, 2.75) is 12.6 Å². The molecule has 0 saturated carbocycles. The molecular weight excluding hydrogens is 951 g/mol. The van der Waals surface area contributed by atoms with Gasteiger partial charge in [-0.05, 0) is 42.8 Å². The monoisotopic (exact) mass is 1010 g/mol. The van der Waals surface area contributed by atoms with Crippen molar-refractivity contribution in [3.63, 3.8) is 0 Å². The molecule has 20 heteroatoms. The summed E-state index contributed by atoms with van der Waals surface area (Å²) in [5, 5.41) is 54.2. The summed E-state index contributed by atoms with van der Waals surface area (Å²) in [5.41, 5.74) is 3.16. The molecule has 0 bridgehead atoms. The number of benzene rings is 3. The van der Waals surface area contributed by atoms with E-state index in [0.717, 1.165) is 27.2 Å². The minimum absolute atomic E-state index is 0. The first kappa shape index (κ1) is 51.7. The molecular formula is C43H58BEuN8O10+4. The number of carbonyl (C=O) groups is 5. The zero-order valence-corrected chi connectivity index (χ0v) is 38.6. The van der Waals surface area contributed by atoms with E-state index in [1.165, 1.54) is 0 Å². The van der Waals surface area contributed by atoms with Crippen LogP contribution in [0.4, 0.5) is 0 Å². The van der Waals surface area contributed by atoms with E-state index < -0.39 is 25.0 Å². The van der Waals surface area contributed by atoms with Gasteiger partial charge in [0.2, 0.25) is 11.4 Å². The van der Waals surface area contributed by atoms with Crippen LogP contribution in [0.1, 0.15) is 27.7 Å². The molecule has 1 atom stereocenters. The quantitative estimate of drug-likeness (QED) is 0.0449. The zero-order chi connectivity index (χ0) is 45.1. The van der Waals surface area contributed by atoms with E-state index in [1.807, 2.05) is 90.1 Å². The van der Waals surface area contributed by atoms with Crippen molar-refractivity contribution < 1.29 is 103 Å². The molecule has 1 fully saturated rings. The van der Waals surface area contributed by atoms with Crippen LogP contribution in [0.25, 0.3) is 21.7 Å². The summed E-state index contributed by atoms with van der Waals surface area (Å²) < 4.78 is 1.85. The molecule has 5 rings (SSSR count). The number of aromatic nitrogens is 1.